The van der Waals surface area contributed by atoms with Crippen LogP contribution in [0.3, 0.4) is 0 Å². The summed E-state index contributed by atoms with van der Waals surface area (Å²) in [6.07, 6.45) is 0. The second kappa shape index (κ2) is 6.10. The van der Waals surface area contributed by atoms with Crippen molar-refractivity contribution in [1.29, 1.82) is 5.26 Å². The topological polar surface area (TPSA) is 62.1 Å². The number of nitrogens with one attached hydrogen (secondary N) is 1. The number of benzene rings is 2. The Morgan fingerprint density at radius 1 is 1.24 bits per heavy atom. The van der Waals surface area contributed by atoms with Gasteiger partial charge in [-0.25, -0.2) is 0 Å². The van der Waals surface area contributed by atoms with Crippen molar-refractivity contribution in [3.05, 3.63) is 58.7 Å². The third-order valence-electron chi connectivity index (χ3n) is 3.24. The van der Waals surface area contributed by atoms with Crippen LogP contribution in [0, 0.1) is 25.2 Å². The summed E-state index contributed by atoms with van der Waals surface area (Å²) in [6, 6.07) is 12.8. The highest BCUT2D eigenvalue weighted by Crippen LogP contribution is 2.28. The lowest BCUT2D eigenvalue weighted by atomic mass is 10.0. The Hall–Kier alpha value is -2.80. The van der Waals surface area contributed by atoms with Crippen molar-refractivity contribution in [2.24, 2.45) is 0 Å². The Morgan fingerprint density at radius 3 is 2.67 bits per heavy atom. The van der Waals surface area contributed by atoms with Gasteiger partial charge in [-0.1, -0.05) is 23.8 Å². The number of para-hydroxylation sites is 1. The van der Waals surface area contributed by atoms with Crippen molar-refractivity contribution < 1.29 is 9.53 Å². The highest BCUT2D eigenvalue weighted by Gasteiger charge is 2.15. The number of rotatable bonds is 3. The van der Waals surface area contributed by atoms with Crippen molar-refractivity contribution >= 4 is 11.6 Å². The average molecular weight is 280 g/mol. The largest absolute Gasteiger partial charge is 0.495 e. The molecule has 0 atom stereocenters. The van der Waals surface area contributed by atoms with Crippen molar-refractivity contribution in [2.45, 2.75) is 13.8 Å². The Bertz CT molecular complexity index is 730. The SMILES string of the molecule is COc1cccc(C#N)c1NC(=O)c1cc(C)ccc1C. The van der Waals surface area contributed by atoms with E-state index in [2.05, 4.69) is 11.4 Å². The average Bonchev–Trinajstić information content (AvgIpc) is 2.49. The van der Waals surface area contributed by atoms with Gasteiger partial charge in [0.05, 0.1) is 12.7 Å². The molecule has 4 nitrogen and oxygen atoms in total. The highest BCUT2D eigenvalue weighted by molar-refractivity contribution is 6.06. The van der Waals surface area contributed by atoms with Gasteiger partial charge < -0.3 is 10.1 Å². The second-order valence-electron chi connectivity index (χ2n) is 4.77. The first-order chi connectivity index (χ1) is 10.1. The van der Waals surface area contributed by atoms with Gasteiger partial charge >= 0.3 is 0 Å². The van der Waals surface area contributed by atoms with Gasteiger partial charge in [-0.3, -0.25) is 4.79 Å². The predicted octanol–water partition coefficient (Wildman–Crippen LogP) is 3.44. The summed E-state index contributed by atoms with van der Waals surface area (Å²) in [7, 11) is 1.50. The monoisotopic (exact) mass is 280 g/mol. The molecule has 0 aliphatic rings. The van der Waals surface area contributed by atoms with E-state index in [1.165, 1.54) is 7.11 Å². The molecule has 1 N–H and O–H groups in total. The smallest absolute Gasteiger partial charge is 0.256 e. The lowest BCUT2D eigenvalue weighted by molar-refractivity contribution is 0.102. The maximum absolute atomic E-state index is 12.4. The first-order valence-electron chi connectivity index (χ1n) is 6.52. The summed E-state index contributed by atoms with van der Waals surface area (Å²) in [5.41, 5.74) is 3.24. The van der Waals surface area contributed by atoms with Crippen LogP contribution in [-0.4, -0.2) is 13.0 Å². The number of amides is 1. The number of carbonyl (C=O) groups is 1. The number of hydrogen-bond acceptors (Lipinski definition) is 3. The molecule has 0 fully saturated rings. The van der Waals surface area contributed by atoms with E-state index in [4.69, 9.17) is 10.00 Å². The number of anilines is 1. The van der Waals surface area contributed by atoms with Crippen LogP contribution in [0.15, 0.2) is 36.4 Å². The molecule has 0 aliphatic heterocycles. The Kier molecular flexibility index (Phi) is 4.24. The van der Waals surface area contributed by atoms with E-state index >= 15 is 0 Å². The highest BCUT2D eigenvalue weighted by atomic mass is 16.5. The van der Waals surface area contributed by atoms with Crippen LogP contribution in [0.25, 0.3) is 0 Å². The second-order valence-corrected chi connectivity index (χ2v) is 4.77. The summed E-state index contributed by atoms with van der Waals surface area (Å²) in [5.74, 6) is 0.213. The fraction of sp³-hybridized carbons (Fsp3) is 0.176. The Morgan fingerprint density at radius 2 is 2.00 bits per heavy atom. The number of methoxy groups -OCH3 is 1. The number of aryl methyl sites for hydroxylation is 2. The molecule has 2 aromatic carbocycles. The number of carbonyl (C=O) groups excluding carboxylic acids is 1. The summed E-state index contributed by atoms with van der Waals surface area (Å²) >= 11 is 0. The van der Waals surface area contributed by atoms with Crippen LogP contribution in [0.2, 0.25) is 0 Å². The Balaban J connectivity index is 2.41. The molecular weight excluding hydrogens is 264 g/mol. The molecule has 0 radical (unpaired) electrons. The third kappa shape index (κ3) is 3.03. The standard InChI is InChI=1S/C17H16N2O2/c1-11-7-8-12(2)14(9-11)17(20)19-16-13(10-18)5-4-6-15(16)21-3/h4-9H,1-3H3,(H,19,20). The molecule has 0 aliphatic carbocycles. The van der Waals surface area contributed by atoms with Gasteiger partial charge in [0.15, 0.2) is 0 Å². The normalized spacial score (nSPS) is 9.81. The van der Waals surface area contributed by atoms with E-state index in [1.54, 1.807) is 18.2 Å². The van der Waals surface area contributed by atoms with E-state index in [9.17, 15) is 4.79 Å². The van der Waals surface area contributed by atoms with Crippen LogP contribution < -0.4 is 10.1 Å². The van der Waals surface area contributed by atoms with E-state index in [-0.39, 0.29) is 5.91 Å². The van der Waals surface area contributed by atoms with Crippen LogP contribution in [0.4, 0.5) is 5.69 Å². The molecule has 0 saturated carbocycles. The zero-order valence-electron chi connectivity index (χ0n) is 12.2. The van der Waals surface area contributed by atoms with Crippen LogP contribution >= 0.6 is 0 Å². The zero-order valence-corrected chi connectivity index (χ0v) is 12.2. The van der Waals surface area contributed by atoms with Crippen molar-refractivity contribution in [3.8, 4) is 11.8 Å². The fourth-order valence-electron chi connectivity index (χ4n) is 2.08. The summed E-state index contributed by atoms with van der Waals surface area (Å²) < 4.78 is 5.21. The maximum atomic E-state index is 12.4. The molecule has 4 heteroatoms. The molecule has 0 spiro atoms. The number of ether oxygens (including phenoxy) is 1. The number of hydrogen-bond donors (Lipinski definition) is 1. The van der Waals surface area contributed by atoms with Gasteiger partial charge in [0.1, 0.15) is 17.5 Å². The third-order valence-corrected chi connectivity index (χ3v) is 3.24. The molecule has 2 aromatic rings. The van der Waals surface area contributed by atoms with Gasteiger partial charge in [0.25, 0.3) is 5.91 Å². The van der Waals surface area contributed by atoms with E-state index in [0.29, 0.717) is 22.6 Å². The first kappa shape index (κ1) is 14.6. The molecule has 0 aromatic heterocycles. The maximum Gasteiger partial charge on any atom is 0.256 e. The van der Waals surface area contributed by atoms with Crippen LogP contribution in [0.1, 0.15) is 27.0 Å². The van der Waals surface area contributed by atoms with Crippen LogP contribution in [0.5, 0.6) is 5.75 Å². The molecule has 106 valence electrons. The van der Waals surface area contributed by atoms with Crippen molar-refractivity contribution in [3.63, 3.8) is 0 Å². The van der Waals surface area contributed by atoms with Gasteiger partial charge in [0.2, 0.25) is 0 Å². The van der Waals surface area contributed by atoms with Gasteiger partial charge in [-0.2, -0.15) is 5.26 Å². The molecule has 21 heavy (non-hydrogen) atoms. The molecule has 0 bridgehead atoms. The lowest BCUT2D eigenvalue weighted by Gasteiger charge is -2.13. The van der Waals surface area contributed by atoms with Crippen molar-refractivity contribution in [1.82, 2.24) is 0 Å². The molecule has 1 amide bonds. The molecule has 0 unspecified atom stereocenters. The first-order valence-corrected chi connectivity index (χ1v) is 6.52. The predicted molar refractivity (Wildman–Crippen MR) is 81.6 cm³/mol. The Labute approximate surface area is 124 Å². The molecular formula is C17H16N2O2. The van der Waals surface area contributed by atoms with E-state index in [1.807, 2.05) is 32.0 Å². The van der Waals surface area contributed by atoms with Gasteiger partial charge in [-0.05, 0) is 37.6 Å². The minimum absolute atomic E-state index is 0.253. The van der Waals surface area contributed by atoms with E-state index in [0.717, 1.165) is 11.1 Å². The molecule has 0 saturated heterocycles. The summed E-state index contributed by atoms with van der Waals surface area (Å²) in [5, 5.41) is 11.9. The minimum Gasteiger partial charge on any atom is -0.495 e. The quantitative estimate of drug-likeness (QED) is 0.936. The minimum atomic E-state index is -0.253. The fourth-order valence-corrected chi connectivity index (χ4v) is 2.08. The van der Waals surface area contributed by atoms with Gasteiger partial charge in [0, 0.05) is 5.56 Å². The molecule has 2 rings (SSSR count). The van der Waals surface area contributed by atoms with Gasteiger partial charge in [-0.15, -0.1) is 0 Å². The number of nitriles is 1. The van der Waals surface area contributed by atoms with Crippen LogP contribution in [-0.2, 0) is 0 Å². The van der Waals surface area contributed by atoms with E-state index < -0.39 is 0 Å². The molecule has 0 heterocycles. The summed E-state index contributed by atoms with van der Waals surface area (Å²) in [6.45, 7) is 3.81. The lowest BCUT2D eigenvalue weighted by Crippen LogP contribution is -2.15. The summed E-state index contributed by atoms with van der Waals surface area (Å²) in [4.78, 5) is 12.4. The number of nitrogens with zero attached hydrogens (tertiary/aromatic N) is 1. The zero-order chi connectivity index (χ0) is 15.4. The van der Waals surface area contributed by atoms with Crippen molar-refractivity contribution in [2.75, 3.05) is 12.4 Å².